The highest BCUT2D eigenvalue weighted by Gasteiger charge is 2.30. The molecule has 0 atom stereocenters. The first-order valence-electron chi connectivity index (χ1n) is 8.45. The number of hydrogen-bond donors (Lipinski definition) is 1. The van der Waals surface area contributed by atoms with E-state index in [1.807, 2.05) is 20.8 Å². The lowest BCUT2D eigenvalue weighted by atomic mass is 9.84. The van der Waals surface area contributed by atoms with E-state index in [0.717, 1.165) is 0 Å². The van der Waals surface area contributed by atoms with Gasteiger partial charge in [-0.05, 0) is 51.1 Å². The number of amides is 1. The van der Waals surface area contributed by atoms with Gasteiger partial charge in [-0.1, -0.05) is 20.8 Å². The molecule has 1 amide bonds. The van der Waals surface area contributed by atoms with Crippen molar-refractivity contribution in [2.45, 2.75) is 46.6 Å². The van der Waals surface area contributed by atoms with Crippen molar-refractivity contribution in [3.05, 3.63) is 12.1 Å². The molecule has 0 radical (unpaired) electrons. The second-order valence-electron chi connectivity index (χ2n) is 8.44. The molecule has 0 saturated carbocycles. The maximum absolute atomic E-state index is 12.1. The average Bonchev–Trinajstić information content (AvgIpc) is 2.42. The molecule has 0 saturated heterocycles. The number of hydrogen-bond acceptors (Lipinski definition) is 7. The normalized spacial score (nSPS) is 12.3. The van der Waals surface area contributed by atoms with Gasteiger partial charge in [0.25, 0.3) is 0 Å². The van der Waals surface area contributed by atoms with Crippen LogP contribution in [0.25, 0.3) is 0 Å². The molecule has 1 aromatic rings. The fourth-order valence-corrected chi connectivity index (χ4v) is 3.52. The monoisotopic (exact) mass is 400 g/mol. The predicted octanol–water partition coefficient (Wildman–Crippen LogP) is 4.24. The van der Waals surface area contributed by atoms with E-state index in [0.29, 0.717) is 11.9 Å². The van der Waals surface area contributed by atoms with Crippen LogP contribution in [-0.2, 0) is 14.0 Å². The lowest BCUT2D eigenvalue weighted by Crippen LogP contribution is -2.34. The summed E-state index contributed by atoms with van der Waals surface area (Å²) < 4.78 is 27.1. The molecular formula is C18H29N2O6P. The average molecular weight is 400 g/mol. The Morgan fingerprint density at radius 2 is 1.74 bits per heavy atom. The smallest absolute Gasteiger partial charge is 0.479 e. The molecule has 0 aromatic carbocycles. The van der Waals surface area contributed by atoms with Crippen molar-refractivity contribution in [3.8, 4) is 5.88 Å². The molecule has 0 spiro atoms. The minimum absolute atomic E-state index is 0.0646. The van der Waals surface area contributed by atoms with E-state index >= 15 is 0 Å². The number of anilines is 1. The van der Waals surface area contributed by atoms with E-state index in [2.05, 4.69) is 15.0 Å². The van der Waals surface area contributed by atoms with Crippen LogP contribution in [0.5, 0.6) is 5.88 Å². The first-order valence-corrected chi connectivity index (χ1v) is 11.1. The molecular weight excluding hydrogens is 371 g/mol. The molecule has 1 heterocycles. The van der Waals surface area contributed by atoms with Crippen LogP contribution in [0.15, 0.2) is 12.1 Å². The summed E-state index contributed by atoms with van der Waals surface area (Å²) in [5.74, 6) is 0.0646. The summed E-state index contributed by atoms with van der Waals surface area (Å²) in [5.41, 5.74) is -0.312. The SMILES string of the molecule is COc1nc(P(C)(C)=O)ccc1NC(=O)OC(=O)OC(C)(C)CC(C)(C)C. The lowest BCUT2D eigenvalue weighted by molar-refractivity contribution is -0.0200. The Kier molecular flexibility index (Phi) is 7.05. The zero-order valence-corrected chi connectivity index (χ0v) is 18.1. The number of methoxy groups -OCH3 is 1. The van der Waals surface area contributed by atoms with Crippen LogP contribution in [-0.4, -0.2) is 43.3 Å². The molecule has 27 heavy (non-hydrogen) atoms. The molecule has 0 fully saturated rings. The summed E-state index contributed by atoms with van der Waals surface area (Å²) >= 11 is 0. The van der Waals surface area contributed by atoms with Gasteiger partial charge in [-0.2, -0.15) is 0 Å². The lowest BCUT2D eigenvalue weighted by Gasteiger charge is -2.31. The Morgan fingerprint density at radius 3 is 2.22 bits per heavy atom. The van der Waals surface area contributed by atoms with Crippen molar-refractivity contribution < 1.29 is 28.4 Å². The third kappa shape index (κ3) is 7.99. The van der Waals surface area contributed by atoms with Gasteiger partial charge in [-0.25, -0.2) is 14.6 Å². The number of carbonyl (C=O) groups excluding carboxylic acids is 2. The van der Waals surface area contributed by atoms with Gasteiger partial charge in [-0.15, -0.1) is 0 Å². The van der Waals surface area contributed by atoms with Gasteiger partial charge in [0.2, 0.25) is 5.88 Å². The van der Waals surface area contributed by atoms with E-state index in [1.165, 1.54) is 19.2 Å². The minimum atomic E-state index is -2.59. The Bertz CT molecular complexity index is 749. The van der Waals surface area contributed by atoms with Crippen molar-refractivity contribution >= 4 is 30.5 Å². The second-order valence-corrected chi connectivity index (χ2v) is 11.6. The molecule has 1 rings (SSSR count). The van der Waals surface area contributed by atoms with Gasteiger partial charge in [0, 0.05) is 0 Å². The van der Waals surface area contributed by atoms with Gasteiger partial charge in [0.15, 0.2) is 0 Å². The van der Waals surface area contributed by atoms with Crippen molar-refractivity contribution in [2.24, 2.45) is 5.41 Å². The first kappa shape index (κ1) is 23.0. The number of nitrogens with zero attached hydrogens (tertiary/aromatic N) is 1. The first-order chi connectivity index (χ1) is 12.1. The summed E-state index contributed by atoms with van der Waals surface area (Å²) in [6, 6.07) is 3.00. The van der Waals surface area contributed by atoms with Gasteiger partial charge in [0.1, 0.15) is 23.9 Å². The molecule has 0 aliphatic rings. The molecule has 0 aliphatic heterocycles. The fourth-order valence-electron chi connectivity index (χ4n) is 2.75. The highest BCUT2D eigenvalue weighted by molar-refractivity contribution is 7.69. The van der Waals surface area contributed by atoms with Crippen LogP contribution in [0.4, 0.5) is 15.3 Å². The highest BCUT2D eigenvalue weighted by atomic mass is 31.2. The van der Waals surface area contributed by atoms with E-state index in [4.69, 9.17) is 9.47 Å². The summed E-state index contributed by atoms with van der Waals surface area (Å²) in [6.45, 7) is 12.7. The molecule has 152 valence electrons. The standard InChI is InChI=1S/C18H29N2O6P/c1-17(2,3)11-18(4,5)26-16(22)25-15(21)19-12-9-10-13(27(7,8)23)20-14(12)24-6/h9-10H,11H2,1-8H3,(H,19,21). The topological polar surface area (TPSA) is 104 Å². The number of nitrogens with one attached hydrogen (secondary N) is 1. The van der Waals surface area contributed by atoms with Crippen LogP contribution in [0, 0.1) is 5.41 Å². The summed E-state index contributed by atoms with van der Waals surface area (Å²) in [5, 5.41) is 2.37. The number of rotatable bonds is 5. The van der Waals surface area contributed by atoms with E-state index in [9.17, 15) is 14.2 Å². The highest BCUT2D eigenvalue weighted by Crippen LogP contribution is 2.35. The number of ether oxygens (including phenoxy) is 3. The van der Waals surface area contributed by atoms with Gasteiger partial charge in [-0.3, -0.25) is 5.32 Å². The Balaban J connectivity index is 2.77. The Morgan fingerprint density at radius 1 is 1.15 bits per heavy atom. The molecule has 9 heteroatoms. The third-order valence-corrected chi connectivity index (χ3v) is 4.67. The molecule has 0 unspecified atom stereocenters. The minimum Gasteiger partial charge on any atom is -0.479 e. The van der Waals surface area contributed by atoms with Crippen molar-refractivity contribution in [1.82, 2.24) is 4.98 Å². The number of carbonyl (C=O) groups is 2. The van der Waals surface area contributed by atoms with Crippen molar-refractivity contribution in [3.63, 3.8) is 0 Å². The quantitative estimate of drug-likeness (QED) is 0.448. The molecule has 1 aromatic heterocycles. The fraction of sp³-hybridized carbons (Fsp3) is 0.611. The van der Waals surface area contributed by atoms with Gasteiger partial charge >= 0.3 is 12.2 Å². The van der Waals surface area contributed by atoms with Crippen LogP contribution >= 0.6 is 7.14 Å². The third-order valence-electron chi connectivity index (χ3n) is 3.32. The second kappa shape index (κ2) is 8.30. The van der Waals surface area contributed by atoms with E-state index in [1.54, 1.807) is 27.2 Å². The summed E-state index contributed by atoms with van der Waals surface area (Å²) in [7, 11) is -1.22. The largest absolute Gasteiger partial charge is 0.517 e. The number of aromatic nitrogens is 1. The van der Waals surface area contributed by atoms with E-state index in [-0.39, 0.29) is 17.0 Å². The molecule has 8 nitrogen and oxygen atoms in total. The van der Waals surface area contributed by atoms with Crippen LogP contribution in [0.3, 0.4) is 0 Å². The zero-order chi connectivity index (χ0) is 21.0. The van der Waals surface area contributed by atoms with Crippen molar-refractivity contribution in [2.75, 3.05) is 25.8 Å². The number of pyridine rings is 1. The van der Waals surface area contributed by atoms with Crippen LogP contribution < -0.4 is 15.5 Å². The van der Waals surface area contributed by atoms with Crippen molar-refractivity contribution in [1.29, 1.82) is 0 Å². The Hall–Kier alpha value is -2.08. The molecule has 0 aliphatic carbocycles. The zero-order valence-electron chi connectivity index (χ0n) is 17.2. The molecule has 1 N–H and O–H groups in total. The Labute approximate surface area is 160 Å². The summed E-state index contributed by atoms with van der Waals surface area (Å²) in [6.07, 6.45) is -1.54. The maximum Gasteiger partial charge on any atom is 0.517 e. The van der Waals surface area contributed by atoms with Crippen LogP contribution in [0.1, 0.15) is 41.0 Å². The van der Waals surface area contributed by atoms with Crippen LogP contribution in [0.2, 0.25) is 0 Å². The molecule has 0 bridgehead atoms. The maximum atomic E-state index is 12.1. The van der Waals surface area contributed by atoms with E-state index < -0.39 is 25.0 Å². The van der Waals surface area contributed by atoms with Gasteiger partial charge < -0.3 is 18.8 Å². The van der Waals surface area contributed by atoms with Gasteiger partial charge in [0.05, 0.1) is 7.11 Å². The summed E-state index contributed by atoms with van der Waals surface area (Å²) in [4.78, 5) is 28.0. The predicted molar refractivity (Wildman–Crippen MR) is 105 cm³/mol.